The molecule has 0 spiro atoms. The van der Waals surface area contributed by atoms with Crippen molar-refractivity contribution in [1.29, 1.82) is 0 Å². The van der Waals surface area contributed by atoms with E-state index in [0.29, 0.717) is 19.0 Å². The van der Waals surface area contributed by atoms with Crippen molar-refractivity contribution < 1.29 is 13.9 Å². The topological polar surface area (TPSA) is 84.6 Å². The molecular formula is C17H23N5O3. The third-order valence-corrected chi connectivity index (χ3v) is 3.84. The highest BCUT2D eigenvalue weighted by Crippen LogP contribution is 2.16. The van der Waals surface area contributed by atoms with Crippen LogP contribution in [0.15, 0.2) is 29.1 Å². The van der Waals surface area contributed by atoms with Crippen LogP contribution in [-0.4, -0.2) is 62.9 Å². The summed E-state index contributed by atoms with van der Waals surface area (Å²) in [6.45, 7) is 9.30. The van der Waals surface area contributed by atoms with Gasteiger partial charge in [0.25, 0.3) is 0 Å². The lowest BCUT2D eigenvalue weighted by molar-refractivity contribution is 0.0138. The molecule has 3 heterocycles. The molecule has 2 aromatic heterocycles. The summed E-state index contributed by atoms with van der Waals surface area (Å²) < 4.78 is 10.6. The highest BCUT2D eigenvalue weighted by molar-refractivity contribution is 5.68. The Morgan fingerprint density at radius 1 is 1.24 bits per heavy atom. The number of amides is 1. The number of rotatable bonds is 3. The van der Waals surface area contributed by atoms with Crippen molar-refractivity contribution in [2.45, 2.75) is 32.9 Å². The third kappa shape index (κ3) is 4.76. The van der Waals surface area contributed by atoms with Gasteiger partial charge in [0.2, 0.25) is 12.3 Å². The number of carbonyl (C=O) groups excluding carboxylic acids is 1. The Morgan fingerprint density at radius 3 is 2.56 bits per heavy atom. The molecule has 3 rings (SSSR count). The van der Waals surface area contributed by atoms with E-state index in [-0.39, 0.29) is 6.09 Å². The van der Waals surface area contributed by atoms with Gasteiger partial charge in [-0.1, -0.05) is 0 Å². The molecule has 0 saturated carbocycles. The summed E-state index contributed by atoms with van der Waals surface area (Å²) >= 11 is 0. The number of ether oxygens (including phenoxy) is 1. The third-order valence-electron chi connectivity index (χ3n) is 3.84. The molecule has 1 fully saturated rings. The second-order valence-electron chi connectivity index (χ2n) is 7.03. The number of carbonyl (C=O) groups is 1. The summed E-state index contributed by atoms with van der Waals surface area (Å²) in [5, 5.41) is 7.53. The number of hydrogen-bond acceptors (Lipinski definition) is 7. The van der Waals surface area contributed by atoms with Gasteiger partial charge in [-0.15, -0.1) is 10.2 Å². The van der Waals surface area contributed by atoms with Crippen LogP contribution in [0, 0.1) is 0 Å². The van der Waals surface area contributed by atoms with Crippen LogP contribution in [0.3, 0.4) is 0 Å². The van der Waals surface area contributed by atoms with Gasteiger partial charge in [-0.2, -0.15) is 0 Å². The van der Waals surface area contributed by atoms with E-state index in [0.717, 1.165) is 30.9 Å². The Labute approximate surface area is 146 Å². The molecule has 0 aliphatic carbocycles. The predicted molar refractivity (Wildman–Crippen MR) is 90.6 cm³/mol. The molecule has 0 N–H and O–H groups in total. The lowest BCUT2D eigenvalue weighted by Crippen LogP contribution is -2.49. The van der Waals surface area contributed by atoms with Crippen molar-refractivity contribution >= 4 is 6.09 Å². The molecule has 0 atom stereocenters. The zero-order valence-corrected chi connectivity index (χ0v) is 14.8. The highest BCUT2D eigenvalue weighted by atomic mass is 16.6. The molecule has 1 aliphatic heterocycles. The van der Waals surface area contributed by atoms with Crippen LogP contribution >= 0.6 is 0 Å². The van der Waals surface area contributed by atoms with Crippen molar-refractivity contribution in [2.75, 3.05) is 26.2 Å². The number of hydrogen-bond donors (Lipinski definition) is 0. The van der Waals surface area contributed by atoms with Gasteiger partial charge in [-0.3, -0.25) is 9.88 Å². The van der Waals surface area contributed by atoms with E-state index in [4.69, 9.17) is 9.15 Å². The molecule has 0 aromatic carbocycles. The zero-order chi connectivity index (χ0) is 17.9. The molecule has 0 bridgehead atoms. The Balaban J connectivity index is 1.50. The first kappa shape index (κ1) is 17.3. The smallest absolute Gasteiger partial charge is 0.410 e. The maximum absolute atomic E-state index is 12.1. The standard InChI is InChI=1S/C17H23N5O3/c1-17(2,3)25-16(23)22-8-6-21(7-9-22)11-14-5-4-13(10-18-14)15-20-19-12-24-15/h4-5,10,12H,6-9,11H2,1-3H3. The SMILES string of the molecule is CC(C)(C)OC(=O)N1CCN(Cc2ccc(-c3nnco3)cn2)CC1. The Kier molecular flexibility index (Phi) is 4.98. The van der Waals surface area contributed by atoms with E-state index < -0.39 is 5.60 Å². The van der Waals surface area contributed by atoms with E-state index >= 15 is 0 Å². The highest BCUT2D eigenvalue weighted by Gasteiger charge is 2.25. The van der Waals surface area contributed by atoms with Crippen LogP contribution in [0.1, 0.15) is 26.5 Å². The molecular weight excluding hydrogens is 322 g/mol. The van der Waals surface area contributed by atoms with E-state index in [1.807, 2.05) is 32.9 Å². The number of pyridine rings is 1. The fourth-order valence-electron chi connectivity index (χ4n) is 2.59. The van der Waals surface area contributed by atoms with E-state index in [1.165, 1.54) is 6.39 Å². The van der Waals surface area contributed by atoms with Crippen LogP contribution in [0.5, 0.6) is 0 Å². The summed E-state index contributed by atoms with van der Waals surface area (Å²) in [5.74, 6) is 0.463. The second kappa shape index (κ2) is 7.18. The molecule has 2 aromatic rings. The lowest BCUT2D eigenvalue weighted by Gasteiger charge is -2.35. The minimum absolute atomic E-state index is 0.241. The summed E-state index contributed by atoms with van der Waals surface area (Å²) in [6, 6.07) is 3.88. The van der Waals surface area contributed by atoms with Crippen LogP contribution < -0.4 is 0 Å². The summed E-state index contributed by atoms with van der Waals surface area (Å²) in [5.41, 5.74) is 1.31. The normalized spacial score (nSPS) is 16.0. The predicted octanol–water partition coefficient (Wildman–Crippen LogP) is 2.18. The van der Waals surface area contributed by atoms with Gasteiger partial charge in [0.1, 0.15) is 5.60 Å². The van der Waals surface area contributed by atoms with E-state index in [1.54, 1.807) is 11.1 Å². The molecule has 1 amide bonds. The minimum Gasteiger partial charge on any atom is -0.444 e. The largest absolute Gasteiger partial charge is 0.444 e. The average Bonchev–Trinajstić information content (AvgIpc) is 3.09. The van der Waals surface area contributed by atoms with Crippen LogP contribution in [0.2, 0.25) is 0 Å². The number of piperazine rings is 1. The van der Waals surface area contributed by atoms with Gasteiger partial charge in [0, 0.05) is 38.9 Å². The Bertz CT molecular complexity index is 686. The minimum atomic E-state index is -0.460. The molecule has 1 aliphatic rings. The lowest BCUT2D eigenvalue weighted by atomic mass is 10.2. The first-order valence-corrected chi connectivity index (χ1v) is 8.32. The maximum Gasteiger partial charge on any atom is 0.410 e. The van der Waals surface area contributed by atoms with Crippen molar-refractivity contribution in [3.63, 3.8) is 0 Å². The van der Waals surface area contributed by atoms with Crippen molar-refractivity contribution in [3.8, 4) is 11.5 Å². The van der Waals surface area contributed by atoms with E-state index in [2.05, 4.69) is 20.1 Å². The number of nitrogens with zero attached hydrogens (tertiary/aromatic N) is 5. The quantitative estimate of drug-likeness (QED) is 0.843. The van der Waals surface area contributed by atoms with Gasteiger partial charge >= 0.3 is 6.09 Å². The average molecular weight is 345 g/mol. The van der Waals surface area contributed by atoms with Gasteiger partial charge < -0.3 is 14.1 Å². The van der Waals surface area contributed by atoms with E-state index in [9.17, 15) is 4.79 Å². The maximum atomic E-state index is 12.1. The van der Waals surface area contributed by atoms with Gasteiger partial charge in [-0.05, 0) is 32.9 Å². The summed E-state index contributed by atoms with van der Waals surface area (Å²) in [7, 11) is 0. The van der Waals surface area contributed by atoms with Crippen LogP contribution in [0.4, 0.5) is 4.79 Å². The first-order chi connectivity index (χ1) is 11.9. The fourth-order valence-corrected chi connectivity index (χ4v) is 2.59. The fraction of sp³-hybridized carbons (Fsp3) is 0.529. The molecule has 8 heteroatoms. The van der Waals surface area contributed by atoms with Gasteiger partial charge in [0.05, 0.1) is 11.3 Å². The monoisotopic (exact) mass is 345 g/mol. The Hall–Kier alpha value is -2.48. The summed E-state index contributed by atoms with van der Waals surface area (Å²) in [4.78, 5) is 20.6. The Morgan fingerprint density at radius 2 is 2.00 bits per heavy atom. The van der Waals surface area contributed by atoms with Crippen LogP contribution in [-0.2, 0) is 11.3 Å². The second-order valence-corrected chi connectivity index (χ2v) is 7.03. The van der Waals surface area contributed by atoms with Gasteiger partial charge in [-0.25, -0.2) is 4.79 Å². The molecule has 25 heavy (non-hydrogen) atoms. The molecule has 134 valence electrons. The molecule has 0 unspecified atom stereocenters. The van der Waals surface area contributed by atoms with Gasteiger partial charge in [0.15, 0.2) is 0 Å². The summed E-state index contributed by atoms with van der Waals surface area (Å²) in [6.07, 6.45) is 2.79. The zero-order valence-electron chi connectivity index (χ0n) is 14.8. The number of aromatic nitrogens is 3. The van der Waals surface area contributed by atoms with Crippen LogP contribution in [0.25, 0.3) is 11.5 Å². The van der Waals surface area contributed by atoms with Crippen molar-refractivity contribution in [3.05, 3.63) is 30.4 Å². The molecule has 1 saturated heterocycles. The molecule has 0 radical (unpaired) electrons. The van der Waals surface area contributed by atoms with Crippen molar-refractivity contribution in [1.82, 2.24) is 25.0 Å². The van der Waals surface area contributed by atoms with Crippen molar-refractivity contribution in [2.24, 2.45) is 0 Å². The first-order valence-electron chi connectivity index (χ1n) is 8.32. The molecule has 8 nitrogen and oxygen atoms in total.